The maximum Gasteiger partial charge on any atom is 0.303 e. The number of carboxylic acid groups (broad SMARTS) is 1. The van der Waals surface area contributed by atoms with Gasteiger partial charge in [-0.3, -0.25) is 9.59 Å². The van der Waals surface area contributed by atoms with Crippen molar-refractivity contribution in [1.29, 1.82) is 0 Å². The lowest BCUT2D eigenvalue weighted by Crippen LogP contribution is -2.33. The van der Waals surface area contributed by atoms with Gasteiger partial charge in [-0.15, -0.1) is 0 Å². The highest BCUT2D eigenvalue weighted by Gasteiger charge is 2.18. The van der Waals surface area contributed by atoms with Crippen molar-refractivity contribution in [2.45, 2.75) is 32.2 Å². The van der Waals surface area contributed by atoms with Gasteiger partial charge in [0.2, 0.25) is 0 Å². The van der Waals surface area contributed by atoms with E-state index in [-0.39, 0.29) is 25.1 Å². The molecule has 0 aliphatic rings. The Morgan fingerprint density at radius 2 is 1.79 bits per heavy atom. The molecule has 180 valence electrons. The van der Waals surface area contributed by atoms with Crippen LogP contribution in [0.1, 0.15) is 44.3 Å². The average molecular weight is 468 g/mol. The number of methoxy groups -OCH3 is 1. The van der Waals surface area contributed by atoms with Crippen LogP contribution in [0.5, 0.6) is 5.75 Å². The molecule has 0 saturated heterocycles. The van der Waals surface area contributed by atoms with Crippen LogP contribution >= 0.6 is 0 Å². The van der Waals surface area contributed by atoms with E-state index in [1.807, 2.05) is 6.07 Å². The minimum Gasteiger partial charge on any atom is -0.493 e. The predicted octanol–water partition coefficient (Wildman–Crippen LogP) is 5.26. The van der Waals surface area contributed by atoms with Crippen LogP contribution in [0.4, 0.5) is 0 Å². The molecule has 7 nitrogen and oxygen atoms in total. The Morgan fingerprint density at radius 1 is 1.00 bits per heavy atom. The Morgan fingerprint density at radius 3 is 2.50 bits per heavy atom. The highest BCUT2D eigenvalue weighted by atomic mass is 16.5. The summed E-state index contributed by atoms with van der Waals surface area (Å²) in [6.07, 6.45) is 3.56. The summed E-state index contributed by atoms with van der Waals surface area (Å²) < 4.78 is 34.3. The van der Waals surface area contributed by atoms with Crippen LogP contribution in [0, 0.1) is 0 Å². The predicted molar refractivity (Wildman–Crippen MR) is 129 cm³/mol. The lowest BCUT2D eigenvalue weighted by atomic mass is 10.1. The molecule has 7 heteroatoms. The molecule has 0 atom stereocenters. The van der Waals surface area contributed by atoms with Gasteiger partial charge in [0.25, 0.3) is 5.91 Å². The van der Waals surface area contributed by atoms with Gasteiger partial charge in [-0.05, 0) is 49.6 Å². The monoisotopic (exact) mass is 467 g/mol. The first-order chi connectivity index (χ1) is 17.3. The fraction of sp³-hybridized carbons (Fsp3) is 0.333. The summed E-state index contributed by atoms with van der Waals surface area (Å²) in [6.45, 7) is -1.68. The first-order valence-electron chi connectivity index (χ1n) is 12.2. The minimum absolute atomic E-state index is 0.0335. The van der Waals surface area contributed by atoms with E-state index in [1.165, 1.54) is 7.11 Å². The lowest BCUT2D eigenvalue weighted by Gasteiger charge is -2.24. The molecule has 0 fully saturated rings. The van der Waals surface area contributed by atoms with E-state index in [9.17, 15) is 9.59 Å². The number of para-hydroxylation sites is 1. The van der Waals surface area contributed by atoms with Crippen molar-refractivity contribution in [2.75, 3.05) is 26.9 Å². The van der Waals surface area contributed by atoms with Crippen LogP contribution in [-0.2, 0) is 16.0 Å². The first kappa shape index (κ1) is 22.2. The van der Waals surface area contributed by atoms with Crippen molar-refractivity contribution < 1.29 is 31.3 Å². The third-order valence-corrected chi connectivity index (χ3v) is 5.14. The number of hydrogen-bond acceptors (Lipinski definition) is 5. The number of furan rings is 1. The summed E-state index contributed by atoms with van der Waals surface area (Å²) in [6, 6.07) is 17.1. The van der Waals surface area contributed by atoms with Crippen LogP contribution < -0.4 is 4.74 Å². The Balaban J connectivity index is 1.78. The molecule has 0 spiro atoms. The van der Waals surface area contributed by atoms with Crippen LogP contribution in [-0.4, -0.2) is 48.8 Å². The SMILES string of the molecule is [2H]C([2H])(c1ccccc1OCCCCCC(=O)O)N(CCOC)C(=O)c1ccc(-c2ccco2)cc1. The topological polar surface area (TPSA) is 89.2 Å². The van der Waals surface area contributed by atoms with Gasteiger partial charge < -0.3 is 23.9 Å². The van der Waals surface area contributed by atoms with Gasteiger partial charge in [-0.1, -0.05) is 30.3 Å². The molecule has 3 aromatic rings. The lowest BCUT2D eigenvalue weighted by molar-refractivity contribution is -0.137. The van der Waals surface area contributed by atoms with E-state index < -0.39 is 18.4 Å². The number of ether oxygens (including phenoxy) is 2. The Hall–Kier alpha value is -3.58. The van der Waals surface area contributed by atoms with Crippen molar-refractivity contribution in [3.05, 3.63) is 78.1 Å². The van der Waals surface area contributed by atoms with Crippen LogP contribution in [0.25, 0.3) is 11.3 Å². The summed E-state index contributed by atoms with van der Waals surface area (Å²) >= 11 is 0. The van der Waals surface area contributed by atoms with E-state index in [4.69, 9.17) is 21.7 Å². The number of amides is 1. The summed E-state index contributed by atoms with van der Waals surface area (Å²) in [5.74, 6) is -0.295. The van der Waals surface area contributed by atoms with E-state index >= 15 is 0 Å². The molecule has 2 aromatic carbocycles. The first-order valence-corrected chi connectivity index (χ1v) is 11.2. The second kappa shape index (κ2) is 13.2. The van der Waals surface area contributed by atoms with Gasteiger partial charge in [0.05, 0.1) is 22.2 Å². The average Bonchev–Trinajstić information content (AvgIpc) is 3.41. The summed E-state index contributed by atoms with van der Waals surface area (Å²) in [7, 11) is 1.50. The molecule has 1 heterocycles. The maximum atomic E-state index is 13.5. The zero-order valence-electron chi connectivity index (χ0n) is 21.2. The van der Waals surface area contributed by atoms with Crippen molar-refractivity contribution in [3.8, 4) is 17.1 Å². The third-order valence-electron chi connectivity index (χ3n) is 5.14. The maximum absolute atomic E-state index is 13.5. The number of rotatable bonds is 14. The fourth-order valence-electron chi connectivity index (χ4n) is 3.33. The summed E-state index contributed by atoms with van der Waals surface area (Å²) in [5.41, 5.74) is 1.37. The Labute approximate surface area is 202 Å². The summed E-state index contributed by atoms with van der Waals surface area (Å²) in [5, 5.41) is 8.75. The third kappa shape index (κ3) is 7.49. The molecule has 1 N–H and O–H groups in total. The quantitative estimate of drug-likeness (QED) is 0.325. The Bertz CT molecular complexity index is 1120. The van der Waals surface area contributed by atoms with Crippen molar-refractivity contribution in [3.63, 3.8) is 0 Å². The molecule has 0 aliphatic carbocycles. The number of unbranched alkanes of at least 4 members (excludes halogenated alkanes) is 2. The highest BCUT2D eigenvalue weighted by Crippen LogP contribution is 2.23. The van der Waals surface area contributed by atoms with Crippen LogP contribution in [0.3, 0.4) is 0 Å². The molecular weight excluding hydrogens is 434 g/mol. The minimum atomic E-state index is -2.19. The van der Waals surface area contributed by atoms with Gasteiger partial charge in [0, 0.05) is 43.3 Å². The zero-order valence-corrected chi connectivity index (χ0v) is 19.2. The van der Waals surface area contributed by atoms with Crippen molar-refractivity contribution in [2.24, 2.45) is 0 Å². The molecule has 3 rings (SSSR count). The summed E-state index contributed by atoms with van der Waals surface area (Å²) in [4.78, 5) is 25.3. The number of nitrogens with zero attached hydrogens (tertiary/aromatic N) is 1. The fourth-order valence-corrected chi connectivity index (χ4v) is 3.33. The number of benzene rings is 2. The largest absolute Gasteiger partial charge is 0.493 e. The van der Waals surface area contributed by atoms with Gasteiger partial charge >= 0.3 is 5.97 Å². The molecule has 1 amide bonds. The second-order valence-corrected chi connectivity index (χ2v) is 7.67. The second-order valence-electron chi connectivity index (χ2n) is 7.67. The van der Waals surface area contributed by atoms with Crippen molar-refractivity contribution in [1.82, 2.24) is 4.90 Å². The van der Waals surface area contributed by atoms with Gasteiger partial charge in [-0.25, -0.2) is 0 Å². The molecule has 0 unspecified atom stereocenters. The van der Waals surface area contributed by atoms with Crippen LogP contribution in [0.15, 0.2) is 71.3 Å². The van der Waals surface area contributed by atoms with E-state index in [0.29, 0.717) is 42.9 Å². The van der Waals surface area contributed by atoms with Gasteiger partial charge in [0.15, 0.2) is 0 Å². The molecule has 34 heavy (non-hydrogen) atoms. The van der Waals surface area contributed by atoms with E-state index in [2.05, 4.69) is 0 Å². The van der Waals surface area contributed by atoms with E-state index in [0.717, 1.165) is 10.5 Å². The number of hydrogen-bond donors (Lipinski definition) is 1. The molecule has 0 radical (unpaired) electrons. The van der Waals surface area contributed by atoms with E-state index in [1.54, 1.807) is 60.9 Å². The molecule has 1 aromatic heterocycles. The van der Waals surface area contributed by atoms with Gasteiger partial charge in [-0.2, -0.15) is 0 Å². The molecule has 0 aliphatic heterocycles. The Kier molecular flexibility index (Phi) is 8.63. The standard InChI is InChI=1S/C27H31NO6/c1-32-19-16-28(27(31)22-14-12-21(13-15-22)24-10-7-18-34-24)20-23-8-4-5-9-25(23)33-17-6-2-3-11-26(29)30/h4-5,7-10,12-15,18H,2-3,6,11,16-17,19-20H2,1H3,(H,29,30)/i20D2. The zero-order chi connectivity index (χ0) is 26.0. The normalized spacial score (nSPS) is 12.0. The van der Waals surface area contributed by atoms with Gasteiger partial charge in [0.1, 0.15) is 11.5 Å². The number of carbonyl (C=O) groups is 2. The van der Waals surface area contributed by atoms with Crippen LogP contribution in [0.2, 0.25) is 0 Å². The number of carboxylic acids is 1. The molecular formula is C27H31NO6. The molecule has 0 bridgehead atoms. The number of aliphatic carboxylic acids is 1. The number of carbonyl (C=O) groups excluding carboxylic acids is 1. The molecule has 0 saturated carbocycles. The highest BCUT2D eigenvalue weighted by molar-refractivity contribution is 5.94. The van der Waals surface area contributed by atoms with Crippen molar-refractivity contribution >= 4 is 11.9 Å². The smallest absolute Gasteiger partial charge is 0.303 e.